The minimum absolute atomic E-state index is 0.604. The van der Waals surface area contributed by atoms with Crippen LogP contribution in [0.4, 0.5) is 5.69 Å². The van der Waals surface area contributed by atoms with Gasteiger partial charge < -0.3 is 15.0 Å². The largest absolute Gasteiger partial charge is 0.497 e. The molecule has 1 N–H and O–H groups in total. The topological polar surface area (TPSA) is 24.5 Å². The van der Waals surface area contributed by atoms with Crippen LogP contribution in [0.25, 0.3) is 0 Å². The standard InChI is InChI=1S/C19H32N2O/c1-14(2)12-21(13-15(3)4)9-8-16-11-20-19-7-6-17(22-5)10-18(16)19/h6-7,10,14-16,20H,8-9,11-13H2,1-5H3. The number of methoxy groups -OCH3 is 1. The average Bonchev–Trinajstić information content (AvgIpc) is 2.85. The molecule has 1 aliphatic heterocycles. The normalized spacial score (nSPS) is 17.2. The van der Waals surface area contributed by atoms with Gasteiger partial charge in [-0.3, -0.25) is 0 Å². The third-order valence-corrected chi connectivity index (χ3v) is 4.28. The second kappa shape index (κ2) is 7.87. The van der Waals surface area contributed by atoms with E-state index >= 15 is 0 Å². The third kappa shape index (κ3) is 4.64. The Balaban J connectivity index is 1.97. The lowest BCUT2D eigenvalue weighted by molar-refractivity contribution is 0.213. The lowest BCUT2D eigenvalue weighted by Gasteiger charge is -2.27. The Kier molecular flexibility index (Phi) is 6.13. The van der Waals surface area contributed by atoms with Gasteiger partial charge in [-0.2, -0.15) is 0 Å². The third-order valence-electron chi connectivity index (χ3n) is 4.28. The van der Waals surface area contributed by atoms with Crippen LogP contribution in [0.15, 0.2) is 18.2 Å². The van der Waals surface area contributed by atoms with Crippen molar-refractivity contribution in [1.82, 2.24) is 4.90 Å². The van der Waals surface area contributed by atoms with Crippen LogP contribution in [0, 0.1) is 11.8 Å². The maximum atomic E-state index is 5.38. The van der Waals surface area contributed by atoms with E-state index in [1.807, 2.05) is 6.07 Å². The van der Waals surface area contributed by atoms with E-state index in [0.717, 1.165) is 24.1 Å². The Morgan fingerprint density at radius 3 is 2.45 bits per heavy atom. The van der Waals surface area contributed by atoms with E-state index < -0.39 is 0 Å². The molecule has 1 aromatic carbocycles. The van der Waals surface area contributed by atoms with Crippen LogP contribution in [0.2, 0.25) is 0 Å². The molecule has 1 aromatic rings. The summed E-state index contributed by atoms with van der Waals surface area (Å²) < 4.78 is 5.38. The van der Waals surface area contributed by atoms with Crippen LogP contribution < -0.4 is 10.1 Å². The van der Waals surface area contributed by atoms with E-state index in [4.69, 9.17) is 4.74 Å². The van der Waals surface area contributed by atoms with Crippen LogP contribution in [0.5, 0.6) is 5.75 Å². The van der Waals surface area contributed by atoms with E-state index in [2.05, 4.69) is 50.0 Å². The predicted molar refractivity (Wildman–Crippen MR) is 95.0 cm³/mol. The summed E-state index contributed by atoms with van der Waals surface area (Å²) in [6, 6.07) is 6.39. The molecule has 1 atom stereocenters. The summed E-state index contributed by atoms with van der Waals surface area (Å²) in [5, 5.41) is 3.53. The van der Waals surface area contributed by atoms with Crippen molar-refractivity contribution in [2.75, 3.05) is 38.6 Å². The number of benzene rings is 1. The van der Waals surface area contributed by atoms with Gasteiger partial charge in [0.15, 0.2) is 0 Å². The van der Waals surface area contributed by atoms with Crippen molar-refractivity contribution in [2.45, 2.75) is 40.0 Å². The molecule has 0 bridgehead atoms. The quantitative estimate of drug-likeness (QED) is 0.778. The summed E-state index contributed by atoms with van der Waals surface area (Å²) in [5.74, 6) is 3.03. The van der Waals surface area contributed by atoms with Crippen LogP contribution in [-0.4, -0.2) is 38.2 Å². The first-order valence-corrected chi connectivity index (χ1v) is 8.63. The highest BCUT2D eigenvalue weighted by atomic mass is 16.5. The van der Waals surface area contributed by atoms with Crippen molar-refractivity contribution in [2.24, 2.45) is 11.8 Å². The van der Waals surface area contributed by atoms with E-state index in [-0.39, 0.29) is 0 Å². The molecule has 1 heterocycles. The van der Waals surface area contributed by atoms with Gasteiger partial charge in [0, 0.05) is 31.2 Å². The summed E-state index contributed by atoms with van der Waals surface area (Å²) in [4.78, 5) is 2.63. The molecule has 0 saturated carbocycles. The Hall–Kier alpha value is -1.22. The van der Waals surface area contributed by atoms with Crippen molar-refractivity contribution in [3.63, 3.8) is 0 Å². The van der Waals surface area contributed by atoms with Gasteiger partial charge in [-0.05, 0) is 48.6 Å². The molecule has 0 fully saturated rings. The fourth-order valence-electron chi connectivity index (χ4n) is 3.40. The summed E-state index contributed by atoms with van der Waals surface area (Å²) in [6.45, 7) is 13.9. The van der Waals surface area contributed by atoms with Gasteiger partial charge in [-0.15, -0.1) is 0 Å². The maximum absolute atomic E-state index is 5.38. The van der Waals surface area contributed by atoms with Crippen molar-refractivity contribution < 1.29 is 4.74 Å². The molecule has 3 heteroatoms. The molecule has 0 amide bonds. The van der Waals surface area contributed by atoms with Gasteiger partial charge in [-0.1, -0.05) is 27.7 Å². The Morgan fingerprint density at radius 1 is 1.18 bits per heavy atom. The molecule has 0 aliphatic carbocycles. The number of ether oxygens (including phenoxy) is 1. The van der Waals surface area contributed by atoms with Crippen LogP contribution >= 0.6 is 0 Å². The smallest absolute Gasteiger partial charge is 0.119 e. The summed E-state index contributed by atoms with van der Waals surface area (Å²) in [5.41, 5.74) is 2.71. The second-order valence-corrected chi connectivity index (χ2v) is 7.37. The van der Waals surface area contributed by atoms with Gasteiger partial charge in [0.05, 0.1) is 7.11 Å². The van der Waals surface area contributed by atoms with Gasteiger partial charge >= 0.3 is 0 Å². The summed E-state index contributed by atoms with van der Waals surface area (Å²) in [7, 11) is 1.74. The van der Waals surface area contributed by atoms with E-state index in [1.54, 1.807) is 7.11 Å². The Bertz CT molecular complexity index is 461. The van der Waals surface area contributed by atoms with Crippen molar-refractivity contribution >= 4 is 5.69 Å². The molecular formula is C19H32N2O. The highest BCUT2D eigenvalue weighted by Crippen LogP contribution is 2.36. The summed E-state index contributed by atoms with van der Waals surface area (Å²) >= 11 is 0. The fourth-order valence-corrected chi connectivity index (χ4v) is 3.40. The zero-order valence-corrected chi connectivity index (χ0v) is 14.9. The molecule has 0 spiro atoms. The monoisotopic (exact) mass is 304 g/mol. The molecule has 1 unspecified atom stereocenters. The zero-order chi connectivity index (χ0) is 16.1. The minimum Gasteiger partial charge on any atom is -0.497 e. The maximum Gasteiger partial charge on any atom is 0.119 e. The van der Waals surface area contributed by atoms with E-state index in [0.29, 0.717) is 5.92 Å². The first kappa shape index (κ1) is 17.1. The molecule has 124 valence electrons. The molecule has 1 aliphatic rings. The lowest BCUT2D eigenvalue weighted by Crippen LogP contribution is -2.33. The molecule has 2 rings (SSSR count). The van der Waals surface area contributed by atoms with Gasteiger partial charge in [0.1, 0.15) is 5.75 Å². The van der Waals surface area contributed by atoms with E-state index in [9.17, 15) is 0 Å². The SMILES string of the molecule is COc1ccc2c(c1)C(CCN(CC(C)C)CC(C)C)CN2. The number of fused-ring (bicyclic) bond motifs is 1. The number of hydrogen-bond donors (Lipinski definition) is 1. The van der Waals surface area contributed by atoms with Crippen molar-refractivity contribution in [3.05, 3.63) is 23.8 Å². The van der Waals surface area contributed by atoms with Gasteiger partial charge in [0.25, 0.3) is 0 Å². The first-order valence-electron chi connectivity index (χ1n) is 8.63. The fraction of sp³-hybridized carbons (Fsp3) is 0.684. The molecule has 3 nitrogen and oxygen atoms in total. The minimum atomic E-state index is 0.604. The number of hydrogen-bond acceptors (Lipinski definition) is 3. The molecule has 22 heavy (non-hydrogen) atoms. The number of rotatable bonds is 8. The van der Waals surface area contributed by atoms with Gasteiger partial charge in [0.2, 0.25) is 0 Å². The zero-order valence-electron chi connectivity index (χ0n) is 14.9. The van der Waals surface area contributed by atoms with Crippen LogP contribution in [0.3, 0.4) is 0 Å². The summed E-state index contributed by atoms with van der Waals surface area (Å²) in [6.07, 6.45) is 1.21. The Labute approximate surface area is 136 Å². The van der Waals surface area contributed by atoms with Crippen molar-refractivity contribution in [1.29, 1.82) is 0 Å². The molecule has 0 radical (unpaired) electrons. The predicted octanol–water partition coefficient (Wildman–Crippen LogP) is 4.21. The van der Waals surface area contributed by atoms with Crippen LogP contribution in [0.1, 0.15) is 45.6 Å². The molecule has 0 saturated heterocycles. The lowest BCUT2D eigenvalue weighted by atomic mass is 9.97. The number of nitrogens with one attached hydrogen (secondary N) is 1. The highest BCUT2D eigenvalue weighted by Gasteiger charge is 2.23. The van der Waals surface area contributed by atoms with Gasteiger partial charge in [-0.25, -0.2) is 0 Å². The second-order valence-electron chi connectivity index (χ2n) is 7.37. The first-order chi connectivity index (χ1) is 10.5. The van der Waals surface area contributed by atoms with Crippen molar-refractivity contribution in [3.8, 4) is 5.75 Å². The average molecular weight is 304 g/mol. The Morgan fingerprint density at radius 2 is 1.86 bits per heavy atom. The van der Waals surface area contributed by atoms with E-state index in [1.165, 1.54) is 37.3 Å². The van der Waals surface area contributed by atoms with Crippen LogP contribution in [-0.2, 0) is 0 Å². The molecular weight excluding hydrogens is 272 g/mol. The number of anilines is 1. The molecule has 0 aromatic heterocycles. The number of nitrogens with zero attached hydrogens (tertiary/aromatic N) is 1. The highest BCUT2D eigenvalue weighted by molar-refractivity contribution is 5.60.